The van der Waals surface area contributed by atoms with Crippen LogP contribution >= 0.6 is 0 Å². The second kappa shape index (κ2) is 3.54. The van der Waals surface area contributed by atoms with Crippen molar-refractivity contribution >= 4 is 11.0 Å². The lowest BCUT2D eigenvalue weighted by Crippen LogP contribution is -2.19. The molecule has 2 rings (SSSR count). The van der Waals surface area contributed by atoms with E-state index in [9.17, 15) is 18.0 Å². The molecular weight excluding hydrogens is 229 g/mol. The van der Waals surface area contributed by atoms with Crippen LogP contribution in [0.4, 0.5) is 13.2 Å². The average Bonchev–Trinajstić information content (AvgIpc) is 2.56. The smallest absolute Gasteiger partial charge is 0.422 e. The van der Waals surface area contributed by atoms with Crippen molar-refractivity contribution in [3.8, 4) is 5.88 Å². The second-order valence-corrected chi connectivity index (χ2v) is 2.94. The molecule has 0 aliphatic rings. The Kier molecular flexibility index (Phi) is 2.33. The fourth-order valence-corrected chi connectivity index (χ4v) is 1.07. The van der Waals surface area contributed by atoms with E-state index in [1.165, 1.54) is 12.1 Å². The number of halogens is 3. The Bertz CT molecular complexity index is 557. The largest absolute Gasteiger partial charge is 0.468 e. The summed E-state index contributed by atoms with van der Waals surface area (Å²) in [7, 11) is 0. The first-order valence-corrected chi connectivity index (χ1v) is 4.13. The number of rotatable bonds is 2. The van der Waals surface area contributed by atoms with Gasteiger partial charge in [0.1, 0.15) is 5.39 Å². The van der Waals surface area contributed by atoms with E-state index in [-0.39, 0.29) is 16.9 Å². The standard InChI is InChI=1S/C8H5F3N2O3/c9-8(10,11)3-15-5-2-1-4-6(12-5)13-16-7(4)14/h1-2H,3H2,(H,12,13). The lowest BCUT2D eigenvalue weighted by molar-refractivity contribution is -0.154. The van der Waals surface area contributed by atoms with Crippen LogP contribution in [0.25, 0.3) is 11.0 Å². The third-order valence-electron chi connectivity index (χ3n) is 1.71. The van der Waals surface area contributed by atoms with Crippen molar-refractivity contribution in [2.75, 3.05) is 6.61 Å². The van der Waals surface area contributed by atoms with E-state index in [0.717, 1.165) is 0 Å². The number of ether oxygens (including phenoxy) is 1. The molecule has 16 heavy (non-hydrogen) atoms. The monoisotopic (exact) mass is 234 g/mol. The van der Waals surface area contributed by atoms with Crippen LogP contribution in [0.3, 0.4) is 0 Å². The van der Waals surface area contributed by atoms with Gasteiger partial charge in [0.05, 0.1) is 0 Å². The van der Waals surface area contributed by atoms with E-state index in [1.807, 2.05) is 0 Å². The highest BCUT2D eigenvalue weighted by molar-refractivity contribution is 5.73. The van der Waals surface area contributed by atoms with E-state index in [4.69, 9.17) is 0 Å². The van der Waals surface area contributed by atoms with E-state index >= 15 is 0 Å². The summed E-state index contributed by atoms with van der Waals surface area (Å²) in [5.74, 6) is -0.234. The quantitative estimate of drug-likeness (QED) is 0.853. The third-order valence-corrected chi connectivity index (χ3v) is 1.71. The van der Waals surface area contributed by atoms with Gasteiger partial charge in [-0.2, -0.15) is 23.3 Å². The summed E-state index contributed by atoms with van der Waals surface area (Å²) < 4.78 is 44.3. The molecule has 0 amide bonds. The van der Waals surface area contributed by atoms with Crippen LogP contribution in [0, 0.1) is 0 Å². The maximum absolute atomic E-state index is 11.8. The minimum atomic E-state index is -4.43. The first kappa shape index (κ1) is 10.5. The molecule has 0 atom stereocenters. The summed E-state index contributed by atoms with van der Waals surface area (Å²) in [6.07, 6.45) is -4.43. The number of H-pyrrole nitrogens is 1. The molecule has 0 saturated heterocycles. The van der Waals surface area contributed by atoms with Gasteiger partial charge in [-0.15, -0.1) is 0 Å². The molecule has 8 heteroatoms. The fourth-order valence-electron chi connectivity index (χ4n) is 1.07. The number of alkyl halides is 3. The van der Waals surface area contributed by atoms with Gasteiger partial charge in [-0.25, -0.2) is 4.79 Å². The van der Waals surface area contributed by atoms with E-state index in [1.54, 1.807) is 0 Å². The molecule has 0 radical (unpaired) electrons. The van der Waals surface area contributed by atoms with Crippen LogP contribution in [0.15, 0.2) is 21.5 Å². The summed E-state index contributed by atoms with van der Waals surface area (Å²) in [5, 5.41) is 2.32. The minimum Gasteiger partial charge on any atom is -0.468 e. The predicted molar refractivity (Wildman–Crippen MR) is 46.2 cm³/mol. The maximum Gasteiger partial charge on any atom is 0.422 e. The van der Waals surface area contributed by atoms with Crippen molar-refractivity contribution in [1.82, 2.24) is 10.1 Å². The van der Waals surface area contributed by atoms with Crippen molar-refractivity contribution in [3.05, 3.63) is 22.6 Å². The molecule has 0 unspecified atom stereocenters. The Labute approximate surface area is 85.8 Å². The third kappa shape index (κ3) is 2.15. The molecule has 0 aliphatic heterocycles. The van der Waals surface area contributed by atoms with Crippen LogP contribution < -0.4 is 10.4 Å². The zero-order chi connectivity index (χ0) is 11.8. The molecule has 0 saturated carbocycles. The van der Waals surface area contributed by atoms with Gasteiger partial charge in [-0.05, 0) is 6.07 Å². The average molecular weight is 234 g/mol. The van der Waals surface area contributed by atoms with Gasteiger partial charge in [0.25, 0.3) is 0 Å². The molecular formula is C8H5F3N2O3. The normalized spacial score (nSPS) is 11.9. The Morgan fingerprint density at radius 1 is 1.44 bits per heavy atom. The second-order valence-electron chi connectivity index (χ2n) is 2.94. The summed E-state index contributed by atoms with van der Waals surface area (Å²) >= 11 is 0. The Morgan fingerprint density at radius 2 is 2.19 bits per heavy atom. The van der Waals surface area contributed by atoms with Gasteiger partial charge >= 0.3 is 11.8 Å². The van der Waals surface area contributed by atoms with Crippen LogP contribution in [-0.4, -0.2) is 22.9 Å². The van der Waals surface area contributed by atoms with Gasteiger partial charge < -0.3 is 9.26 Å². The lowest BCUT2D eigenvalue weighted by Gasteiger charge is -2.07. The van der Waals surface area contributed by atoms with Gasteiger partial charge in [0, 0.05) is 6.07 Å². The molecule has 5 nitrogen and oxygen atoms in total. The van der Waals surface area contributed by atoms with Crippen LogP contribution in [0.2, 0.25) is 0 Å². The zero-order valence-corrected chi connectivity index (χ0v) is 7.67. The van der Waals surface area contributed by atoms with Gasteiger partial charge in [0.15, 0.2) is 12.3 Å². The molecule has 0 bridgehead atoms. The predicted octanol–water partition coefficient (Wildman–Crippen LogP) is 1.46. The first-order valence-electron chi connectivity index (χ1n) is 4.13. The summed E-state index contributed by atoms with van der Waals surface area (Å²) in [6.45, 7) is -1.44. The molecule has 0 aliphatic carbocycles. The Morgan fingerprint density at radius 3 is 2.88 bits per heavy atom. The number of hydrogen-bond donors (Lipinski definition) is 1. The molecule has 1 N–H and O–H groups in total. The number of nitrogens with one attached hydrogen (secondary N) is 1. The molecule has 0 aromatic carbocycles. The number of fused-ring (bicyclic) bond motifs is 1. The number of pyridine rings is 1. The number of aromatic nitrogens is 2. The van der Waals surface area contributed by atoms with E-state index in [2.05, 4.69) is 19.4 Å². The molecule has 2 heterocycles. The molecule has 2 aromatic heterocycles. The van der Waals surface area contributed by atoms with Crippen LogP contribution in [0.5, 0.6) is 5.88 Å². The SMILES string of the molecule is O=c1o[nH]c2nc(OCC(F)(F)F)ccc12. The van der Waals surface area contributed by atoms with Gasteiger partial charge in [0.2, 0.25) is 5.88 Å². The van der Waals surface area contributed by atoms with Crippen LogP contribution in [0.1, 0.15) is 0 Å². The Balaban J connectivity index is 2.23. The molecule has 2 aromatic rings. The van der Waals surface area contributed by atoms with E-state index in [0.29, 0.717) is 0 Å². The van der Waals surface area contributed by atoms with Crippen LogP contribution in [-0.2, 0) is 0 Å². The van der Waals surface area contributed by atoms with Gasteiger partial charge in [-0.3, -0.25) is 0 Å². The fraction of sp³-hybridized carbons (Fsp3) is 0.250. The van der Waals surface area contributed by atoms with Crippen molar-refractivity contribution in [3.63, 3.8) is 0 Å². The highest BCUT2D eigenvalue weighted by atomic mass is 19.4. The lowest BCUT2D eigenvalue weighted by atomic mass is 10.3. The summed E-state index contributed by atoms with van der Waals surface area (Å²) in [4.78, 5) is 14.6. The highest BCUT2D eigenvalue weighted by Gasteiger charge is 2.28. The van der Waals surface area contributed by atoms with Crippen molar-refractivity contribution in [2.45, 2.75) is 6.18 Å². The summed E-state index contributed by atoms with van der Waals surface area (Å²) in [5.41, 5.74) is -0.588. The maximum atomic E-state index is 11.8. The molecule has 0 fully saturated rings. The van der Waals surface area contributed by atoms with Crippen molar-refractivity contribution in [1.29, 1.82) is 0 Å². The number of hydrogen-bond acceptors (Lipinski definition) is 4. The molecule has 0 spiro atoms. The number of aromatic amines is 1. The Hall–Kier alpha value is -1.99. The first-order chi connectivity index (χ1) is 7.46. The zero-order valence-electron chi connectivity index (χ0n) is 7.67. The minimum absolute atomic E-state index is 0.0460. The summed E-state index contributed by atoms with van der Waals surface area (Å²) in [6, 6.07) is 2.44. The van der Waals surface area contributed by atoms with Crippen molar-refractivity contribution < 1.29 is 22.4 Å². The topological polar surface area (TPSA) is 68.1 Å². The highest BCUT2D eigenvalue weighted by Crippen LogP contribution is 2.18. The van der Waals surface area contributed by atoms with Gasteiger partial charge in [-0.1, -0.05) is 0 Å². The molecule has 86 valence electrons. The number of nitrogens with zero attached hydrogens (tertiary/aromatic N) is 1. The van der Waals surface area contributed by atoms with E-state index < -0.39 is 18.4 Å². The van der Waals surface area contributed by atoms with Crippen molar-refractivity contribution in [2.24, 2.45) is 0 Å².